The normalized spacial score (nSPS) is 23.1. The van der Waals surface area contributed by atoms with Crippen molar-refractivity contribution in [1.29, 1.82) is 0 Å². The number of hydrogen-bond donors (Lipinski definition) is 1. The molecule has 1 saturated carbocycles. The van der Waals surface area contributed by atoms with Crippen LogP contribution in [0.4, 0.5) is 8.78 Å². The molecular formula is C14H16F2O3. The van der Waals surface area contributed by atoms with E-state index < -0.39 is 28.9 Å². The molecule has 0 radical (unpaired) electrons. The molecule has 1 aromatic rings. The standard InChI is InChI=1S/C14H16F2O3/c1-8-3-2-4-10(5-8)19-13-11(15)6-9(14(17)18)7-12(13)16/h6-8,10H,2-5H2,1H3,(H,17,18). The Balaban J connectivity index is 2.18. The maximum absolute atomic E-state index is 13.7. The number of aromatic carboxylic acids is 1. The van der Waals surface area contributed by atoms with Gasteiger partial charge in [0.25, 0.3) is 0 Å². The summed E-state index contributed by atoms with van der Waals surface area (Å²) >= 11 is 0. The molecule has 0 amide bonds. The van der Waals surface area contributed by atoms with Crippen LogP contribution in [0.15, 0.2) is 12.1 Å². The fourth-order valence-electron chi connectivity index (χ4n) is 2.45. The predicted octanol–water partition coefficient (Wildman–Crippen LogP) is 3.62. The third kappa shape index (κ3) is 3.22. The molecule has 1 aliphatic carbocycles. The number of halogens is 2. The molecule has 2 rings (SSSR count). The number of benzene rings is 1. The van der Waals surface area contributed by atoms with Crippen molar-refractivity contribution in [2.75, 3.05) is 0 Å². The average molecular weight is 270 g/mol. The molecule has 2 unspecified atom stereocenters. The summed E-state index contributed by atoms with van der Waals surface area (Å²) in [6.45, 7) is 2.08. The van der Waals surface area contributed by atoms with Crippen molar-refractivity contribution < 1.29 is 23.4 Å². The smallest absolute Gasteiger partial charge is 0.335 e. The van der Waals surface area contributed by atoms with E-state index >= 15 is 0 Å². The Hall–Kier alpha value is -1.65. The summed E-state index contributed by atoms with van der Waals surface area (Å²) in [6.07, 6.45) is 3.40. The maximum atomic E-state index is 13.7. The summed E-state index contributed by atoms with van der Waals surface area (Å²) in [5.74, 6) is -3.28. The Morgan fingerprint density at radius 2 is 1.95 bits per heavy atom. The van der Waals surface area contributed by atoms with Crippen molar-refractivity contribution in [1.82, 2.24) is 0 Å². The largest absolute Gasteiger partial charge is 0.484 e. The van der Waals surface area contributed by atoms with E-state index in [-0.39, 0.29) is 6.10 Å². The number of rotatable bonds is 3. The Morgan fingerprint density at radius 1 is 1.32 bits per heavy atom. The Morgan fingerprint density at radius 3 is 2.47 bits per heavy atom. The molecule has 0 aliphatic heterocycles. The van der Waals surface area contributed by atoms with Crippen molar-refractivity contribution in [2.24, 2.45) is 5.92 Å². The first-order valence-corrected chi connectivity index (χ1v) is 6.36. The Bertz CT molecular complexity index is 465. The lowest BCUT2D eigenvalue weighted by atomic mass is 9.89. The van der Waals surface area contributed by atoms with E-state index in [0.29, 0.717) is 5.92 Å². The molecule has 0 aromatic heterocycles. The van der Waals surface area contributed by atoms with Crippen LogP contribution < -0.4 is 4.74 Å². The molecule has 1 aliphatic rings. The highest BCUT2D eigenvalue weighted by molar-refractivity contribution is 5.87. The molecular weight excluding hydrogens is 254 g/mol. The van der Waals surface area contributed by atoms with Gasteiger partial charge in [0, 0.05) is 0 Å². The van der Waals surface area contributed by atoms with Crippen molar-refractivity contribution in [3.05, 3.63) is 29.3 Å². The lowest BCUT2D eigenvalue weighted by Crippen LogP contribution is -2.25. The van der Waals surface area contributed by atoms with Crippen LogP contribution in [0.2, 0.25) is 0 Å². The molecule has 3 nitrogen and oxygen atoms in total. The zero-order chi connectivity index (χ0) is 14.0. The topological polar surface area (TPSA) is 46.5 Å². The minimum atomic E-state index is -1.37. The van der Waals surface area contributed by atoms with Crippen LogP contribution in [0.1, 0.15) is 43.0 Å². The van der Waals surface area contributed by atoms with Gasteiger partial charge in [0.15, 0.2) is 17.4 Å². The summed E-state index contributed by atoms with van der Waals surface area (Å²) < 4.78 is 32.8. The molecule has 1 fully saturated rings. The van der Waals surface area contributed by atoms with Gasteiger partial charge in [0.05, 0.1) is 11.7 Å². The van der Waals surface area contributed by atoms with E-state index in [1.807, 2.05) is 0 Å². The summed E-state index contributed by atoms with van der Waals surface area (Å²) in [6, 6.07) is 1.57. The first-order chi connectivity index (χ1) is 8.97. The minimum absolute atomic E-state index is 0.205. The highest BCUT2D eigenvalue weighted by atomic mass is 19.1. The quantitative estimate of drug-likeness (QED) is 0.912. The molecule has 2 atom stereocenters. The number of carbonyl (C=O) groups is 1. The average Bonchev–Trinajstić information content (AvgIpc) is 2.33. The highest BCUT2D eigenvalue weighted by Gasteiger charge is 2.24. The van der Waals surface area contributed by atoms with Gasteiger partial charge in [0.2, 0.25) is 0 Å². The van der Waals surface area contributed by atoms with Crippen LogP contribution >= 0.6 is 0 Å². The molecule has 0 spiro atoms. The zero-order valence-corrected chi connectivity index (χ0v) is 10.7. The van der Waals surface area contributed by atoms with Crippen molar-refractivity contribution in [2.45, 2.75) is 38.7 Å². The van der Waals surface area contributed by atoms with Gasteiger partial charge in [-0.1, -0.05) is 13.3 Å². The molecule has 5 heteroatoms. The van der Waals surface area contributed by atoms with Gasteiger partial charge in [-0.3, -0.25) is 0 Å². The fourth-order valence-corrected chi connectivity index (χ4v) is 2.45. The van der Waals surface area contributed by atoms with Crippen LogP contribution in [-0.2, 0) is 0 Å². The number of carboxylic acids is 1. The fraction of sp³-hybridized carbons (Fsp3) is 0.500. The van der Waals surface area contributed by atoms with E-state index in [1.165, 1.54) is 0 Å². The zero-order valence-electron chi connectivity index (χ0n) is 10.7. The van der Waals surface area contributed by atoms with Crippen LogP contribution in [0.3, 0.4) is 0 Å². The van der Waals surface area contributed by atoms with Crippen LogP contribution in [0.25, 0.3) is 0 Å². The first-order valence-electron chi connectivity index (χ1n) is 6.36. The van der Waals surface area contributed by atoms with Gasteiger partial charge in [0.1, 0.15) is 0 Å². The van der Waals surface area contributed by atoms with E-state index in [2.05, 4.69) is 6.92 Å². The molecule has 1 N–H and O–H groups in total. The van der Waals surface area contributed by atoms with Crippen LogP contribution in [0.5, 0.6) is 5.75 Å². The maximum Gasteiger partial charge on any atom is 0.335 e. The molecule has 19 heavy (non-hydrogen) atoms. The summed E-state index contributed by atoms with van der Waals surface area (Å²) in [5, 5.41) is 8.71. The number of hydrogen-bond acceptors (Lipinski definition) is 2. The van der Waals surface area contributed by atoms with Gasteiger partial charge < -0.3 is 9.84 Å². The lowest BCUT2D eigenvalue weighted by Gasteiger charge is -2.27. The predicted molar refractivity (Wildman–Crippen MR) is 65.4 cm³/mol. The second kappa shape index (κ2) is 5.55. The Labute approximate surface area is 110 Å². The van der Waals surface area contributed by atoms with E-state index in [0.717, 1.165) is 37.8 Å². The van der Waals surface area contributed by atoms with Crippen molar-refractivity contribution >= 4 is 5.97 Å². The third-order valence-corrected chi connectivity index (χ3v) is 3.42. The second-order valence-electron chi connectivity index (χ2n) is 5.09. The lowest BCUT2D eigenvalue weighted by molar-refractivity contribution is 0.0695. The highest BCUT2D eigenvalue weighted by Crippen LogP contribution is 2.30. The first kappa shape index (κ1) is 13.8. The molecule has 104 valence electrons. The second-order valence-corrected chi connectivity index (χ2v) is 5.09. The molecule has 1 aromatic carbocycles. The van der Waals surface area contributed by atoms with Gasteiger partial charge in [-0.05, 0) is 37.3 Å². The van der Waals surface area contributed by atoms with Crippen molar-refractivity contribution in [3.63, 3.8) is 0 Å². The third-order valence-electron chi connectivity index (χ3n) is 3.42. The SMILES string of the molecule is CC1CCCC(Oc2c(F)cc(C(=O)O)cc2F)C1. The number of carboxylic acid groups (broad SMARTS) is 1. The minimum Gasteiger partial charge on any atom is -0.484 e. The van der Waals surface area contributed by atoms with Gasteiger partial charge in [-0.25, -0.2) is 13.6 Å². The summed E-state index contributed by atoms with van der Waals surface area (Å²) in [7, 11) is 0. The van der Waals surface area contributed by atoms with Gasteiger partial charge in [-0.15, -0.1) is 0 Å². The molecule has 0 bridgehead atoms. The number of ether oxygens (including phenoxy) is 1. The van der Waals surface area contributed by atoms with E-state index in [4.69, 9.17) is 9.84 Å². The van der Waals surface area contributed by atoms with E-state index in [1.54, 1.807) is 0 Å². The van der Waals surface area contributed by atoms with Crippen molar-refractivity contribution in [3.8, 4) is 5.75 Å². The Kier molecular flexibility index (Phi) is 4.02. The molecule has 0 saturated heterocycles. The van der Waals surface area contributed by atoms with Crippen LogP contribution in [0, 0.1) is 17.6 Å². The summed E-state index contributed by atoms with van der Waals surface area (Å²) in [4.78, 5) is 10.7. The van der Waals surface area contributed by atoms with Gasteiger partial charge in [-0.2, -0.15) is 0 Å². The molecule has 0 heterocycles. The monoisotopic (exact) mass is 270 g/mol. The summed E-state index contributed by atoms with van der Waals surface area (Å²) in [5.41, 5.74) is -0.417. The van der Waals surface area contributed by atoms with E-state index in [9.17, 15) is 13.6 Å². The van der Waals surface area contributed by atoms with Gasteiger partial charge >= 0.3 is 5.97 Å². The van der Waals surface area contributed by atoms with Crippen LogP contribution in [-0.4, -0.2) is 17.2 Å².